The topological polar surface area (TPSA) is 93.1 Å². The second-order valence-corrected chi connectivity index (χ2v) is 9.14. The Morgan fingerprint density at radius 1 is 1.00 bits per heavy atom. The maximum atomic E-state index is 12.5. The van der Waals surface area contributed by atoms with Crippen LogP contribution >= 0.6 is 11.8 Å². The van der Waals surface area contributed by atoms with Crippen LogP contribution in [0.5, 0.6) is 0 Å². The van der Waals surface area contributed by atoms with Crippen molar-refractivity contribution in [2.75, 3.05) is 0 Å². The van der Waals surface area contributed by atoms with E-state index in [2.05, 4.69) is 0 Å². The minimum absolute atomic E-state index is 0.328. The van der Waals surface area contributed by atoms with Crippen molar-refractivity contribution in [2.24, 2.45) is 0 Å². The Bertz CT molecular complexity index is 828. The summed E-state index contributed by atoms with van der Waals surface area (Å²) < 4.78 is 36.1. The largest absolute Gasteiger partial charge is 0.388 e. The van der Waals surface area contributed by atoms with Crippen LogP contribution in [0.15, 0.2) is 65.6 Å². The van der Waals surface area contributed by atoms with Crippen LogP contribution in [0.3, 0.4) is 0 Å². The van der Waals surface area contributed by atoms with Crippen LogP contribution < -0.4 is 0 Å². The van der Waals surface area contributed by atoms with Gasteiger partial charge in [0.2, 0.25) is 0 Å². The summed E-state index contributed by atoms with van der Waals surface area (Å²) in [6.45, 7) is 1.63. The van der Waals surface area contributed by atoms with Crippen molar-refractivity contribution in [1.29, 1.82) is 0 Å². The summed E-state index contributed by atoms with van der Waals surface area (Å²) >= 11 is 1.25. The highest BCUT2D eigenvalue weighted by molar-refractivity contribution is 7.99. The molecule has 0 saturated carbocycles. The number of aliphatic hydroxyl groups is 2. The third kappa shape index (κ3) is 5.31. The van der Waals surface area contributed by atoms with Gasteiger partial charge in [0.1, 0.15) is 29.5 Å². The molecule has 0 unspecified atom stereocenters. The number of rotatable bonds is 6. The number of thioether (sulfide) groups is 1. The van der Waals surface area contributed by atoms with Crippen LogP contribution in [0, 0.1) is 0 Å². The molecule has 0 bridgehead atoms. The molecule has 2 aromatic rings. The number of benzene rings is 2. The highest BCUT2D eigenvalue weighted by atomic mass is 32.2. The van der Waals surface area contributed by atoms with E-state index >= 15 is 0 Å². The minimum atomic E-state index is -4.00. The van der Waals surface area contributed by atoms with Gasteiger partial charge in [0.25, 0.3) is 10.1 Å². The van der Waals surface area contributed by atoms with E-state index < -0.39 is 40.0 Å². The fraction of sp³-hybridized carbons (Fsp3) is 0.368. The highest BCUT2D eigenvalue weighted by Crippen LogP contribution is 2.35. The summed E-state index contributed by atoms with van der Waals surface area (Å²) in [5.41, 5.74) is -0.212. The highest BCUT2D eigenvalue weighted by Gasteiger charge is 2.46. The Morgan fingerprint density at radius 3 is 2.22 bits per heavy atom. The van der Waals surface area contributed by atoms with Crippen molar-refractivity contribution in [2.45, 2.75) is 47.4 Å². The first-order chi connectivity index (χ1) is 12.9. The monoisotopic (exact) mass is 410 g/mol. The van der Waals surface area contributed by atoms with E-state index in [0.717, 1.165) is 4.90 Å². The van der Waals surface area contributed by atoms with Gasteiger partial charge in [0.05, 0.1) is 6.10 Å². The van der Waals surface area contributed by atoms with Crippen LogP contribution in [0.25, 0.3) is 0 Å². The molecule has 8 heteroatoms. The SMILES string of the molecule is C[C@@H]1O[C@H](Sc2ccccc2)[C@H](OS(=O)(=O)Cc2ccccc2)[C@H](O)[C@H]1O. The zero-order chi connectivity index (χ0) is 19.4. The molecule has 146 valence electrons. The van der Waals surface area contributed by atoms with Gasteiger partial charge in [-0.15, -0.1) is 0 Å². The first-order valence-electron chi connectivity index (χ1n) is 8.54. The molecule has 2 aromatic carbocycles. The van der Waals surface area contributed by atoms with Crippen molar-refractivity contribution < 1.29 is 27.6 Å². The standard InChI is InChI=1S/C19H22O6S2/c1-13-16(20)17(21)18(19(24-13)26-15-10-6-3-7-11-15)25-27(22,23)12-14-8-4-2-5-9-14/h2-11,13,16-21H,12H2,1H3/t13-,16-,17+,18+,19+/m0/s1. The molecule has 1 fully saturated rings. The van der Waals surface area contributed by atoms with Crippen LogP contribution in [0.1, 0.15) is 12.5 Å². The number of aliphatic hydroxyl groups excluding tert-OH is 2. The lowest BCUT2D eigenvalue weighted by atomic mass is 10.0. The first kappa shape index (κ1) is 20.3. The molecule has 0 aromatic heterocycles. The first-order valence-corrected chi connectivity index (χ1v) is 11.0. The van der Waals surface area contributed by atoms with Crippen LogP contribution in [-0.2, 0) is 24.8 Å². The molecule has 27 heavy (non-hydrogen) atoms. The summed E-state index contributed by atoms with van der Waals surface area (Å²) in [5.74, 6) is -0.328. The van der Waals surface area contributed by atoms with Gasteiger partial charge in [-0.2, -0.15) is 8.42 Å². The summed E-state index contributed by atoms with van der Waals surface area (Å²) in [5, 5.41) is 20.6. The lowest BCUT2D eigenvalue weighted by molar-refractivity contribution is -0.184. The van der Waals surface area contributed by atoms with Crippen molar-refractivity contribution in [3.63, 3.8) is 0 Å². The maximum absolute atomic E-state index is 12.5. The van der Waals surface area contributed by atoms with E-state index in [-0.39, 0.29) is 5.75 Å². The molecule has 1 aliphatic rings. The zero-order valence-corrected chi connectivity index (χ0v) is 16.3. The Hall–Kier alpha value is -1.42. The summed E-state index contributed by atoms with van der Waals surface area (Å²) in [4.78, 5) is 0.840. The molecule has 1 aliphatic heterocycles. The minimum Gasteiger partial charge on any atom is -0.388 e. The average molecular weight is 411 g/mol. The number of ether oxygens (including phenoxy) is 1. The van der Waals surface area contributed by atoms with Gasteiger partial charge in [-0.1, -0.05) is 60.3 Å². The summed E-state index contributed by atoms with van der Waals surface area (Å²) in [6.07, 6.45) is -4.51. The predicted molar refractivity (Wildman–Crippen MR) is 103 cm³/mol. The predicted octanol–water partition coefficient (Wildman–Crippen LogP) is 2.16. The molecule has 2 N–H and O–H groups in total. The van der Waals surface area contributed by atoms with E-state index in [0.29, 0.717) is 5.56 Å². The van der Waals surface area contributed by atoms with Crippen molar-refractivity contribution >= 4 is 21.9 Å². The molecule has 0 spiro atoms. The van der Waals surface area contributed by atoms with Crippen LogP contribution in [0.4, 0.5) is 0 Å². The van der Waals surface area contributed by atoms with E-state index in [1.807, 2.05) is 30.3 Å². The fourth-order valence-corrected chi connectivity index (χ4v) is 5.27. The van der Waals surface area contributed by atoms with Crippen molar-refractivity contribution in [3.05, 3.63) is 66.2 Å². The molecular weight excluding hydrogens is 388 g/mol. The molecule has 1 heterocycles. The molecule has 6 nitrogen and oxygen atoms in total. The smallest absolute Gasteiger partial charge is 0.272 e. The van der Waals surface area contributed by atoms with Gasteiger partial charge in [0.15, 0.2) is 0 Å². The van der Waals surface area contributed by atoms with Gasteiger partial charge in [0, 0.05) is 4.90 Å². The van der Waals surface area contributed by atoms with E-state index in [9.17, 15) is 18.6 Å². The number of hydrogen-bond donors (Lipinski definition) is 2. The van der Waals surface area contributed by atoms with Gasteiger partial charge in [-0.25, -0.2) is 0 Å². The molecule has 0 radical (unpaired) electrons. The van der Waals surface area contributed by atoms with Gasteiger partial charge >= 0.3 is 0 Å². The number of hydrogen-bond acceptors (Lipinski definition) is 7. The Morgan fingerprint density at radius 2 is 1.59 bits per heavy atom. The van der Waals surface area contributed by atoms with Crippen LogP contribution in [-0.4, -0.2) is 48.5 Å². The van der Waals surface area contributed by atoms with Crippen molar-refractivity contribution in [3.8, 4) is 0 Å². The molecule has 1 saturated heterocycles. The third-order valence-corrected chi connectivity index (χ3v) is 6.58. The molecular formula is C19H22O6S2. The molecule has 5 atom stereocenters. The normalized spacial score (nSPS) is 28.8. The molecule has 0 aliphatic carbocycles. The lowest BCUT2D eigenvalue weighted by Gasteiger charge is -2.40. The Balaban J connectivity index is 1.79. The molecule has 0 amide bonds. The maximum Gasteiger partial charge on any atom is 0.272 e. The second kappa shape index (κ2) is 8.72. The van der Waals surface area contributed by atoms with Gasteiger partial charge < -0.3 is 14.9 Å². The Labute approximate surface area is 163 Å². The van der Waals surface area contributed by atoms with E-state index in [1.165, 1.54) is 11.8 Å². The third-order valence-electron chi connectivity index (χ3n) is 4.22. The van der Waals surface area contributed by atoms with Gasteiger partial charge in [-0.3, -0.25) is 4.18 Å². The lowest BCUT2D eigenvalue weighted by Crippen LogP contribution is -2.57. The zero-order valence-electron chi connectivity index (χ0n) is 14.7. The second-order valence-electron chi connectivity index (χ2n) is 6.37. The van der Waals surface area contributed by atoms with Gasteiger partial charge in [-0.05, 0) is 24.6 Å². The van der Waals surface area contributed by atoms with E-state index in [1.54, 1.807) is 37.3 Å². The average Bonchev–Trinajstić information content (AvgIpc) is 2.64. The van der Waals surface area contributed by atoms with Crippen LogP contribution in [0.2, 0.25) is 0 Å². The Kier molecular flexibility index (Phi) is 6.56. The fourth-order valence-electron chi connectivity index (χ4n) is 2.81. The quantitative estimate of drug-likeness (QED) is 0.705. The van der Waals surface area contributed by atoms with Crippen molar-refractivity contribution in [1.82, 2.24) is 0 Å². The summed E-state index contributed by atoms with van der Waals surface area (Å²) in [7, 11) is -4.00. The van der Waals surface area contributed by atoms with E-state index in [4.69, 9.17) is 8.92 Å². The molecule has 3 rings (SSSR count). The summed E-state index contributed by atoms with van der Waals surface area (Å²) in [6, 6.07) is 17.9.